The smallest absolute Gasteiger partial charge is 0.309 e. The summed E-state index contributed by atoms with van der Waals surface area (Å²) in [6, 6.07) is 18.8. The van der Waals surface area contributed by atoms with Crippen LogP contribution in [0.1, 0.15) is 36.5 Å². The van der Waals surface area contributed by atoms with E-state index < -0.39 is 0 Å². The van der Waals surface area contributed by atoms with Crippen LogP contribution in [0.25, 0.3) is 0 Å². The lowest BCUT2D eigenvalue weighted by molar-refractivity contribution is -0.139. The third kappa shape index (κ3) is 6.17. The third-order valence-electron chi connectivity index (χ3n) is 4.05. The Hall–Kier alpha value is -2.13. The minimum atomic E-state index is -0.195. The van der Waals surface area contributed by atoms with Crippen molar-refractivity contribution in [2.45, 2.75) is 39.3 Å². The number of rotatable bonds is 9. The molecule has 0 atom stereocenters. The molecule has 0 fully saturated rings. The zero-order chi connectivity index (χ0) is 17.2. The minimum Gasteiger partial charge on any atom is -0.469 e. The van der Waals surface area contributed by atoms with Crippen LogP contribution in [0.5, 0.6) is 0 Å². The molecule has 2 rings (SSSR count). The standard InChI is InChI=1S/C21H27NO2/c1-3-4-13-22(16-18-9-6-5-7-10-18)17-20-12-8-11-19(14-20)15-21(23)24-2/h5-12,14H,3-4,13,15-17H2,1-2H3. The quantitative estimate of drug-likeness (QED) is 0.647. The summed E-state index contributed by atoms with van der Waals surface area (Å²) in [6.07, 6.45) is 2.71. The average molecular weight is 325 g/mol. The fourth-order valence-corrected chi connectivity index (χ4v) is 2.77. The fraction of sp³-hybridized carbons (Fsp3) is 0.381. The monoisotopic (exact) mass is 325 g/mol. The number of carbonyl (C=O) groups excluding carboxylic acids is 1. The van der Waals surface area contributed by atoms with E-state index in [0.717, 1.165) is 25.2 Å². The van der Waals surface area contributed by atoms with Crippen LogP contribution in [-0.2, 0) is 29.0 Å². The maximum atomic E-state index is 11.5. The number of nitrogens with zero attached hydrogens (tertiary/aromatic N) is 1. The number of esters is 1. The predicted molar refractivity (Wildman–Crippen MR) is 97.6 cm³/mol. The Labute approximate surface area is 145 Å². The Morgan fingerprint density at radius 2 is 1.62 bits per heavy atom. The SMILES string of the molecule is CCCCN(Cc1ccccc1)Cc1cccc(CC(=O)OC)c1. The Morgan fingerprint density at radius 3 is 2.33 bits per heavy atom. The zero-order valence-electron chi connectivity index (χ0n) is 14.7. The summed E-state index contributed by atoms with van der Waals surface area (Å²) >= 11 is 0. The highest BCUT2D eigenvalue weighted by Crippen LogP contribution is 2.13. The van der Waals surface area contributed by atoms with E-state index in [0.29, 0.717) is 6.42 Å². The molecule has 0 saturated carbocycles. The molecule has 0 aliphatic rings. The van der Waals surface area contributed by atoms with Crippen molar-refractivity contribution in [2.24, 2.45) is 0 Å². The second-order valence-electron chi connectivity index (χ2n) is 6.12. The number of carbonyl (C=O) groups is 1. The van der Waals surface area contributed by atoms with E-state index in [4.69, 9.17) is 4.74 Å². The van der Waals surface area contributed by atoms with E-state index in [1.807, 2.05) is 12.1 Å². The molecule has 0 spiro atoms. The third-order valence-corrected chi connectivity index (χ3v) is 4.05. The lowest BCUT2D eigenvalue weighted by Crippen LogP contribution is -2.24. The number of hydrogen-bond acceptors (Lipinski definition) is 3. The molecule has 0 unspecified atom stereocenters. The van der Waals surface area contributed by atoms with Gasteiger partial charge >= 0.3 is 5.97 Å². The summed E-state index contributed by atoms with van der Waals surface area (Å²) in [4.78, 5) is 13.9. The largest absolute Gasteiger partial charge is 0.469 e. The Kier molecular flexibility index (Phi) is 7.50. The van der Waals surface area contributed by atoms with Gasteiger partial charge in [0.2, 0.25) is 0 Å². The van der Waals surface area contributed by atoms with E-state index in [-0.39, 0.29) is 5.97 Å². The lowest BCUT2D eigenvalue weighted by atomic mass is 10.1. The normalized spacial score (nSPS) is 10.8. The molecule has 2 aromatic carbocycles. The highest BCUT2D eigenvalue weighted by Gasteiger charge is 2.09. The van der Waals surface area contributed by atoms with Gasteiger partial charge in [0.25, 0.3) is 0 Å². The first-order chi connectivity index (χ1) is 11.7. The molecule has 128 valence electrons. The van der Waals surface area contributed by atoms with Gasteiger partial charge in [-0.25, -0.2) is 0 Å². The van der Waals surface area contributed by atoms with E-state index >= 15 is 0 Å². The van der Waals surface area contributed by atoms with Gasteiger partial charge in [0.05, 0.1) is 13.5 Å². The van der Waals surface area contributed by atoms with Crippen LogP contribution < -0.4 is 0 Å². The molecule has 0 bridgehead atoms. The molecule has 0 radical (unpaired) electrons. The summed E-state index contributed by atoms with van der Waals surface area (Å²) in [5.41, 5.74) is 3.58. The van der Waals surface area contributed by atoms with Crippen molar-refractivity contribution >= 4 is 5.97 Å². The summed E-state index contributed by atoms with van der Waals surface area (Å²) in [6.45, 7) is 5.14. The van der Waals surface area contributed by atoms with Crippen molar-refractivity contribution in [2.75, 3.05) is 13.7 Å². The number of benzene rings is 2. The van der Waals surface area contributed by atoms with Crippen molar-refractivity contribution in [1.29, 1.82) is 0 Å². The summed E-state index contributed by atoms with van der Waals surface area (Å²) < 4.78 is 4.76. The van der Waals surface area contributed by atoms with E-state index in [2.05, 4.69) is 54.3 Å². The number of hydrogen-bond donors (Lipinski definition) is 0. The van der Waals surface area contributed by atoms with Crippen molar-refractivity contribution in [3.8, 4) is 0 Å². The van der Waals surface area contributed by atoms with E-state index in [9.17, 15) is 4.79 Å². The topological polar surface area (TPSA) is 29.5 Å². The summed E-state index contributed by atoms with van der Waals surface area (Å²) in [7, 11) is 1.43. The first-order valence-electron chi connectivity index (χ1n) is 8.62. The Balaban J connectivity index is 2.05. The van der Waals surface area contributed by atoms with E-state index in [1.165, 1.54) is 31.1 Å². The highest BCUT2D eigenvalue weighted by atomic mass is 16.5. The van der Waals surface area contributed by atoms with Gasteiger partial charge in [0.15, 0.2) is 0 Å². The summed E-state index contributed by atoms with van der Waals surface area (Å²) in [5, 5.41) is 0. The molecule has 3 nitrogen and oxygen atoms in total. The first kappa shape index (κ1) is 18.2. The van der Waals surface area contributed by atoms with Crippen LogP contribution >= 0.6 is 0 Å². The summed E-state index contributed by atoms with van der Waals surface area (Å²) in [5.74, 6) is -0.195. The molecule has 3 heteroatoms. The van der Waals surface area contributed by atoms with Crippen LogP contribution in [0, 0.1) is 0 Å². The second kappa shape index (κ2) is 9.89. The molecule has 0 N–H and O–H groups in total. The van der Waals surface area contributed by atoms with Crippen molar-refractivity contribution in [3.63, 3.8) is 0 Å². The Bertz CT molecular complexity index is 625. The molecule has 0 heterocycles. The lowest BCUT2D eigenvalue weighted by Gasteiger charge is -2.22. The van der Waals surface area contributed by atoms with Gasteiger partial charge in [-0.2, -0.15) is 0 Å². The number of ether oxygens (including phenoxy) is 1. The Morgan fingerprint density at radius 1 is 0.958 bits per heavy atom. The first-order valence-corrected chi connectivity index (χ1v) is 8.62. The molecule has 0 amide bonds. The molecule has 0 saturated heterocycles. The van der Waals surface area contributed by atoms with Crippen LogP contribution in [0.2, 0.25) is 0 Å². The van der Waals surface area contributed by atoms with Gasteiger partial charge < -0.3 is 4.74 Å². The maximum absolute atomic E-state index is 11.5. The van der Waals surface area contributed by atoms with Gasteiger partial charge in [0.1, 0.15) is 0 Å². The van der Waals surface area contributed by atoms with Crippen LogP contribution in [-0.4, -0.2) is 24.5 Å². The van der Waals surface area contributed by atoms with Crippen LogP contribution in [0.15, 0.2) is 54.6 Å². The van der Waals surface area contributed by atoms with Crippen LogP contribution in [0.3, 0.4) is 0 Å². The minimum absolute atomic E-state index is 0.195. The molecule has 0 aromatic heterocycles. The average Bonchev–Trinajstić information content (AvgIpc) is 2.60. The predicted octanol–water partition coefficient (Wildman–Crippen LogP) is 4.20. The molecule has 0 aliphatic carbocycles. The molecule has 24 heavy (non-hydrogen) atoms. The number of methoxy groups -OCH3 is 1. The van der Waals surface area contributed by atoms with Gasteiger partial charge in [-0.05, 0) is 29.7 Å². The molecular formula is C21H27NO2. The highest BCUT2D eigenvalue weighted by molar-refractivity contribution is 5.72. The van der Waals surface area contributed by atoms with Gasteiger partial charge in [0, 0.05) is 13.1 Å². The molecule has 2 aromatic rings. The fourth-order valence-electron chi connectivity index (χ4n) is 2.77. The van der Waals surface area contributed by atoms with Crippen LogP contribution in [0.4, 0.5) is 0 Å². The van der Waals surface area contributed by atoms with Gasteiger partial charge in [-0.3, -0.25) is 9.69 Å². The van der Waals surface area contributed by atoms with E-state index in [1.54, 1.807) is 0 Å². The zero-order valence-corrected chi connectivity index (χ0v) is 14.7. The molecular weight excluding hydrogens is 298 g/mol. The number of unbranched alkanes of at least 4 members (excludes halogenated alkanes) is 1. The van der Waals surface area contributed by atoms with Crippen molar-refractivity contribution in [3.05, 3.63) is 71.3 Å². The maximum Gasteiger partial charge on any atom is 0.309 e. The van der Waals surface area contributed by atoms with Gasteiger partial charge in [-0.15, -0.1) is 0 Å². The van der Waals surface area contributed by atoms with Gasteiger partial charge in [-0.1, -0.05) is 67.9 Å². The van der Waals surface area contributed by atoms with Crippen molar-refractivity contribution < 1.29 is 9.53 Å². The van der Waals surface area contributed by atoms with Crippen molar-refractivity contribution in [1.82, 2.24) is 4.90 Å². The molecule has 0 aliphatic heterocycles. The second-order valence-corrected chi connectivity index (χ2v) is 6.12.